The van der Waals surface area contributed by atoms with Gasteiger partial charge in [0.25, 0.3) is 0 Å². The van der Waals surface area contributed by atoms with E-state index in [-0.39, 0.29) is 24.5 Å². The number of nitrogens with one attached hydrogen (secondary N) is 1. The highest BCUT2D eigenvalue weighted by Crippen LogP contribution is 2.16. The summed E-state index contributed by atoms with van der Waals surface area (Å²) in [6.07, 6.45) is 0. The van der Waals surface area contributed by atoms with Crippen molar-refractivity contribution in [3.05, 3.63) is 70.7 Å². The van der Waals surface area contributed by atoms with Gasteiger partial charge in [0, 0.05) is 24.7 Å². The van der Waals surface area contributed by atoms with Gasteiger partial charge in [-0.15, -0.1) is 0 Å². The van der Waals surface area contributed by atoms with E-state index in [0.717, 1.165) is 11.1 Å². The zero-order valence-electron chi connectivity index (χ0n) is 14.7. The number of urea groups is 1. The Hall–Kier alpha value is -2.53. The Labute approximate surface area is 158 Å². The van der Waals surface area contributed by atoms with Crippen LogP contribution in [0.4, 0.5) is 4.79 Å². The molecule has 1 heterocycles. The smallest absolute Gasteiger partial charge is 0.320 e. The van der Waals surface area contributed by atoms with Gasteiger partial charge in [-0.3, -0.25) is 4.79 Å². The van der Waals surface area contributed by atoms with Crippen molar-refractivity contribution in [3.63, 3.8) is 0 Å². The molecule has 1 aliphatic rings. The number of rotatable bonds is 6. The first-order chi connectivity index (χ1) is 12.5. The zero-order chi connectivity index (χ0) is 18.5. The van der Waals surface area contributed by atoms with Gasteiger partial charge in [0.2, 0.25) is 5.91 Å². The van der Waals surface area contributed by atoms with Crippen LogP contribution in [0.25, 0.3) is 0 Å². The molecule has 1 fully saturated rings. The summed E-state index contributed by atoms with van der Waals surface area (Å²) in [7, 11) is 0. The maximum atomic E-state index is 12.5. The number of benzene rings is 2. The van der Waals surface area contributed by atoms with Crippen LogP contribution in [-0.2, 0) is 11.3 Å². The number of carbonyl (C=O) groups is 2. The molecule has 0 aromatic heterocycles. The molecule has 1 unspecified atom stereocenters. The molecule has 5 nitrogen and oxygen atoms in total. The van der Waals surface area contributed by atoms with Gasteiger partial charge in [0.15, 0.2) is 0 Å². The number of hydrogen-bond donors (Lipinski definition) is 1. The molecule has 136 valence electrons. The van der Waals surface area contributed by atoms with Gasteiger partial charge in [-0.25, -0.2) is 4.79 Å². The van der Waals surface area contributed by atoms with Gasteiger partial charge in [-0.1, -0.05) is 54.1 Å². The third-order valence-corrected chi connectivity index (χ3v) is 4.73. The van der Waals surface area contributed by atoms with E-state index in [0.29, 0.717) is 24.7 Å². The van der Waals surface area contributed by atoms with Crippen LogP contribution in [0.2, 0.25) is 5.02 Å². The van der Waals surface area contributed by atoms with Crippen LogP contribution in [0, 0.1) is 0 Å². The maximum absolute atomic E-state index is 12.5. The van der Waals surface area contributed by atoms with Crippen molar-refractivity contribution in [2.45, 2.75) is 19.5 Å². The predicted molar refractivity (Wildman–Crippen MR) is 102 cm³/mol. The number of amides is 3. The summed E-state index contributed by atoms with van der Waals surface area (Å²) in [6.45, 7) is 3.70. The van der Waals surface area contributed by atoms with Crippen molar-refractivity contribution in [1.82, 2.24) is 15.1 Å². The molecule has 2 aromatic carbocycles. The average Bonchev–Trinajstić information content (AvgIpc) is 2.97. The molecule has 1 saturated heterocycles. The second-order valence-corrected chi connectivity index (χ2v) is 6.89. The molecule has 0 saturated carbocycles. The lowest BCUT2D eigenvalue weighted by Crippen LogP contribution is -2.40. The molecule has 6 heteroatoms. The topological polar surface area (TPSA) is 52.7 Å². The molecule has 26 heavy (non-hydrogen) atoms. The Balaban J connectivity index is 1.51. The lowest BCUT2D eigenvalue weighted by molar-refractivity contribution is -0.122. The lowest BCUT2D eigenvalue weighted by Gasteiger charge is -2.20. The molecule has 2 aromatic rings. The van der Waals surface area contributed by atoms with Crippen molar-refractivity contribution in [2.24, 2.45) is 0 Å². The Kier molecular flexibility index (Phi) is 5.78. The largest absolute Gasteiger partial charge is 0.348 e. The summed E-state index contributed by atoms with van der Waals surface area (Å²) < 4.78 is 0. The van der Waals surface area contributed by atoms with Crippen LogP contribution < -0.4 is 5.32 Å². The van der Waals surface area contributed by atoms with Crippen LogP contribution in [0.5, 0.6) is 0 Å². The summed E-state index contributed by atoms with van der Waals surface area (Å²) in [5.74, 6) is -0.150. The van der Waals surface area contributed by atoms with Crippen LogP contribution in [0.3, 0.4) is 0 Å². The minimum Gasteiger partial charge on any atom is -0.348 e. The summed E-state index contributed by atoms with van der Waals surface area (Å²) in [6, 6.07) is 17.0. The number of carbonyl (C=O) groups excluding carboxylic acids is 2. The van der Waals surface area contributed by atoms with Crippen molar-refractivity contribution in [3.8, 4) is 0 Å². The summed E-state index contributed by atoms with van der Waals surface area (Å²) in [5.41, 5.74) is 2.06. The Morgan fingerprint density at radius 2 is 1.73 bits per heavy atom. The molecule has 3 amide bonds. The number of halogens is 1. The second-order valence-electron chi connectivity index (χ2n) is 6.45. The van der Waals surface area contributed by atoms with E-state index in [2.05, 4.69) is 5.32 Å². The summed E-state index contributed by atoms with van der Waals surface area (Å²) in [4.78, 5) is 28.1. The highest BCUT2D eigenvalue weighted by molar-refractivity contribution is 6.30. The SMILES string of the molecule is CC(NC(=O)CN1CCN(Cc2ccc(Cl)cc2)C1=O)c1ccccc1. The van der Waals surface area contributed by atoms with E-state index >= 15 is 0 Å². The minimum atomic E-state index is -0.150. The highest BCUT2D eigenvalue weighted by atomic mass is 35.5. The number of hydrogen-bond acceptors (Lipinski definition) is 2. The fourth-order valence-corrected chi connectivity index (χ4v) is 3.15. The number of nitrogens with zero attached hydrogens (tertiary/aromatic N) is 2. The Morgan fingerprint density at radius 1 is 1.08 bits per heavy atom. The van der Waals surface area contributed by atoms with E-state index in [9.17, 15) is 9.59 Å². The van der Waals surface area contributed by atoms with Crippen molar-refractivity contribution >= 4 is 23.5 Å². The van der Waals surface area contributed by atoms with Gasteiger partial charge in [-0.2, -0.15) is 0 Å². The predicted octanol–water partition coefficient (Wildman–Crippen LogP) is 3.46. The van der Waals surface area contributed by atoms with Gasteiger partial charge in [0.1, 0.15) is 6.54 Å². The van der Waals surface area contributed by atoms with Crippen molar-refractivity contribution in [1.29, 1.82) is 0 Å². The molecular formula is C20H22ClN3O2. The van der Waals surface area contributed by atoms with Crippen LogP contribution in [-0.4, -0.2) is 41.4 Å². The third-order valence-electron chi connectivity index (χ3n) is 4.48. The van der Waals surface area contributed by atoms with Gasteiger partial charge in [0.05, 0.1) is 6.04 Å². The highest BCUT2D eigenvalue weighted by Gasteiger charge is 2.29. The van der Waals surface area contributed by atoms with Crippen LogP contribution in [0.15, 0.2) is 54.6 Å². The van der Waals surface area contributed by atoms with E-state index in [1.807, 2.05) is 61.5 Å². The van der Waals surface area contributed by atoms with Crippen LogP contribution in [0.1, 0.15) is 24.1 Å². The fourth-order valence-electron chi connectivity index (χ4n) is 3.02. The minimum absolute atomic E-state index is 0.0765. The normalized spacial score (nSPS) is 15.2. The fraction of sp³-hybridized carbons (Fsp3) is 0.300. The average molecular weight is 372 g/mol. The van der Waals surface area contributed by atoms with E-state index in [4.69, 9.17) is 11.6 Å². The van der Waals surface area contributed by atoms with Gasteiger partial charge < -0.3 is 15.1 Å². The maximum Gasteiger partial charge on any atom is 0.320 e. The second kappa shape index (κ2) is 8.23. The first-order valence-electron chi connectivity index (χ1n) is 8.65. The van der Waals surface area contributed by atoms with Crippen molar-refractivity contribution < 1.29 is 9.59 Å². The van der Waals surface area contributed by atoms with Crippen molar-refractivity contribution in [2.75, 3.05) is 19.6 Å². The van der Waals surface area contributed by atoms with Crippen LogP contribution >= 0.6 is 11.6 Å². The summed E-state index contributed by atoms with van der Waals surface area (Å²) in [5, 5.41) is 3.62. The standard InChI is InChI=1S/C20H22ClN3O2/c1-15(17-5-3-2-4-6-17)22-19(25)14-24-12-11-23(20(24)26)13-16-7-9-18(21)10-8-16/h2-10,15H,11-14H2,1H3,(H,22,25). The molecule has 0 spiro atoms. The van der Waals surface area contributed by atoms with E-state index in [1.165, 1.54) is 0 Å². The molecule has 0 aliphatic carbocycles. The summed E-state index contributed by atoms with van der Waals surface area (Å²) >= 11 is 5.89. The van der Waals surface area contributed by atoms with E-state index in [1.54, 1.807) is 9.80 Å². The third kappa shape index (κ3) is 4.55. The molecule has 1 N–H and O–H groups in total. The van der Waals surface area contributed by atoms with E-state index < -0.39 is 0 Å². The molecule has 1 aliphatic heterocycles. The molecule has 3 rings (SSSR count). The Bertz CT molecular complexity index is 764. The molecular weight excluding hydrogens is 350 g/mol. The first-order valence-corrected chi connectivity index (χ1v) is 9.03. The quantitative estimate of drug-likeness (QED) is 0.845. The van der Waals surface area contributed by atoms with Gasteiger partial charge in [-0.05, 0) is 30.2 Å². The van der Waals surface area contributed by atoms with Gasteiger partial charge >= 0.3 is 6.03 Å². The zero-order valence-corrected chi connectivity index (χ0v) is 15.4. The first kappa shape index (κ1) is 18.3. The molecule has 1 atom stereocenters. The molecule has 0 bridgehead atoms. The Morgan fingerprint density at radius 3 is 2.42 bits per heavy atom. The monoisotopic (exact) mass is 371 g/mol. The molecule has 0 radical (unpaired) electrons. The lowest BCUT2D eigenvalue weighted by atomic mass is 10.1.